The molecule has 0 radical (unpaired) electrons. The highest BCUT2D eigenvalue weighted by Gasteiger charge is 2.20. The van der Waals surface area contributed by atoms with E-state index in [1.165, 1.54) is 18.9 Å². The molecule has 0 saturated carbocycles. The molecule has 0 aliphatic carbocycles. The Bertz CT molecular complexity index is 548. The maximum atomic E-state index is 12.0. The first-order valence-corrected chi connectivity index (χ1v) is 9.97. The molecule has 0 spiro atoms. The number of unbranched alkanes of at least 4 members (excludes halogenated alkanes) is 3. The molecule has 1 aromatic rings. The third-order valence-corrected chi connectivity index (χ3v) is 6.31. The molecule has 1 aromatic heterocycles. The summed E-state index contributed by atoms with van der Waals surface area (Å²) in [5.41, 5.74) is 5.68. The molecule has 0 bridgehead atoms. The fraction of sp³-hybridized carbons (Fsp3) is 0.643. The Kier molecular flexibility index (Phi) is 11.8. The summed E-state index contributed by atoms with van der Waals surface area (Å²) in [7, 11) is -3.45. The molecule has 4 N–H and O–H groups in total. The van der Waals surface area contributed by atoms with E-state index in [1.54, 1.807) is 11.4 Å². The van der Waals surface area contributed by atoms with Gasteiger partial charge in [0.1, 0.15) is 4.21 Å². The lowest BCUT2D eigenvalue weighted by Gasteiger charge is -2.09. The summed E-state index contributed by atoms with van der Waals surface area (Å²) < 4.78 is 24.2. The normalized spacial score (nSPS) is 13.4. The van der Waals surface area contributed by atoms with Crippen LogP contribution in [0.15, 0.2) is 26.7 Å². The van der Waals surface area contributed by atoms with E-state index in [0.717, 1.165) is 30.7 Å². The van der Waals surface area contributed by atoms with Crippen molar-refractivity contribution in [3.8, 4) is 0 Å². The summed E-state index contributed by atoms with van der Waals surface area (Å²) >= 11 is 1.14. The number of thiophene rings is 1. The van der Waals surface area contributed by atoms with E-state index in [9.17, 15) is 13.5 Å². The van der Waals surface area contributed by atoms with Crippen LogP contribution in [-0.4, -0.2) is 44.4 Å². The van der Waals surface area contributed by atoms with Crippen LogP contribution in [0.1, 0.15) is 32.6 Å². The number of halogens is 1. The number of hydrogen-bond donors (Lipinski definition) is 3. The summed E-state index contributed by atoms with van der Waals surface area (Å²) in [6.45, 7) is 2.85. The van der Waals surface area contributed by atoms with E-state index < -0.39 is 15.9 Å². The maximum Gasteiger partial charge on any atom is 0.190 e. The highest BCUT2D eigenvalue weighted by Crippen LogP contribution is 2.18. The van der Waals surface area contributed by atoms with Crippen LogP contribution in [0, 0.1) is 0 Å². The Hall–Kier alpha value is -0.390. The minimum atomic E-state index is -3.45. The molecule has 1 unspecified atom stereocenters. The average Bonchev–Trinajstić information content (AvgIpc) is 2.99. The van der Waals surface area contributed by atoms with E-state index >= 15 is 0 Å². The van der Waals surface area contributed by atoms with Gasteiger partial charge in [0.25, 0.3) is 0 Å². The van der Waals surface area contributed by atoms with Gasteiger partial charge in [0, 0.05) is 6.54 Å². The first-order valence-electron chi connectivity index (χ1n) is 7.44. The van der Waals surface area contributed by atoms with Gasteiger partial charge in [-0.05, 0) is 17.9 Å². The number of nitrogens with one attached hydrogen (secondary N) is 1. The van der Waals surface area contributed by atoms with Crippen LogP contribution >= 0.6 is 35.3 Å². The molecule has 0 amide bonds. The molecule has 1 heterocycles. The molecule has 23 heavy (non-hydrogen) atoms. The summed E-state index contributed by atoms with van der Waals surface area (Å²) in [5.74, 6) is -0.107. The third kappa shape index (κ3) is 9.48. The monoisotopic (exact) mass is 475 g/mol. The highest BCUT2D eigenvalue weighted by molar-refractivity contribution is 14.0. The Morgan fingerprint density at radius 2 is 2.17 bits per heavy atom. The summed E-state index contributed by atoms with van der Waals surface area (Å²) in [4.78, 5) is 3.98. The second-order valence-electron chi connectivity index (χ2n) is 5.08. The fourth-order valence-corrected chi connectivity index (χ4v) is 4.32. The van der Waals surface area contributed by atoms with Crippen LogP contribution in [0.4, 0.5) is 0 Å². The van der Waals surface area contributed by atoms with Gasteiger partial charge in [0.15, 0.2) is 15.8 Å². The van der Waals surface area contributed by atoms with Crippen molar-refractivity contribution in [3.63, 3.8) is 0 Å². The molecule has 6 nitrogen and oxygen atoms in total. The number of aliphatic imine (C=N–C) groups is 1. The molecule has 1 rings (SSSR count). The van der Waals surface area contributed by atoms with Gasteiger partial charge in [-0.1, -0.05) is 32.3 Å². The number of rotatable bonds is 10. The third-order valence-electron chi connectivity index (χ3n) is 3.02. The number of aliphatic hydroxyl groups excluding tert-OH is 1. The molecule has 0 aliphatic rings. The van der Waals surface area contributed by atoms with Gasteiger partial charge < -0.3 is 16.2 Å². The lowest BCUT2D eigenvalue weighted by Crippen LogP contribution is -2.34. The van der Waals surface area contributed by atoms with E-state index in [2.05, 4.69) is 17.2 Å². The zero-order valence-electron chi connectivity index (χ0n) is 13.3. The number of guanidine groups is 1. The largest absolute Gasteiger partial charge is 0.390 e. The number of sulfone groups is 1. The predicted molar refractivity (Wildman–Crippen MR) is 106 cm³/mol. The molecule has 0 aromatic carbocycles. The summed E-state index contributed by atoms with van der Waals surface area (Å²) in [5, 5.41) is 14.5. The zero-order valence-corrected chi connectivity index (χ0v) is 17.2. The van der Waals surface area contributed by atoms with Gasteiger partial charge in [-0.2, -0.15) is 0 Å². The van der Waals surface area contributed by atoms with E-state index in [1.807, 2.05) is 0 Å². The van der Waals surface area contributed by atoms with Crippen molar-refractivity contribution in [2.24, 2.45) is 10.7 Å². The second-order valence-corrected chi connectivity index (χ2v) is 8.29. The number of nitrogens with zero attached hydrogens (tertiary/aromatic N) is 1. The molecule has 0 fully saturated rings. The molecule has 9 heteroatoms. The summed E-state index contributed by atoms with van der Waals surface area (Å²) in [6.07, 6.45) is 3.46. The smallest absolute Gasteiger partial charge is 0.190 e. The molecule has 1 atom stereocenters. The second kappa shape index (κ2) is 12.0. The van der Waals surface area contributed by atoms with E-state index in [4.69, 9.17) is 5.73 Å². The van der Waals surface area contributed by atoms with Crippen molar-refractivity contribution in [2.45, 2.75) is 42.9 Å². The number of nitrogens with two attached hydrogens (primary N) is 1. The minimum Gasteiger partial charge on any atom is -0.390 e. The van der Waals surface area contributed by atoms with Crippen molar-refractivity contribution < 1.29 is 13.5 Å². The lowest BCUT2D eigenvalue weighted by molar-refractivity contribution is 0.206. The van der Waals surface area contributed by atoms with Gasteiger partial charge >= 0.3 is 0 Å². The van der Waals surface area contributed by atoms with E-state index in [0.29, 0.717) is 0 Å². The van der Waals surface area contributed by atoms with Crippen molar-refractivity contribution in [2.75, 3.05) is 18.8 Å². The first kappa shape index (κ1) is 22.6. The van der Waals surface area contributed by atoms with Gasteiger partial charge in [-0.15, -0.1) is 35.3 Å². The molecular weight excluding hydrogens is 449 g/mol. The highest BCUT2D eigenvalue weighted by atomic mass is 127. The fourth-order valence-electron chi connectivity index (χ4n) is 1.86. The minimum absolute atomic E-state index is 0. The zero-order chi connectivity index (χ0) is 16.4. The van der Waals surface area contributed by atoms with Gasteiger partial charge in [-0.25, -0.2) is 8.42 Å². The molecular formula is C14H26IN3O3S2. The van der Waals surface area contributed by atoms with E-state index in [-0.39, 0.29) is 46.4 Å². The number of aliphatic hydroxyl groups is 1. The van der Waals surface area contributed by atoms with Crippen LogP contribution in [-0.2, 0) is 9.84 Å². The van der Waals surface area contributed by atoms with Crippen LogP contribution < -0.4 is 11.1 Å². The molecule has 134 valence electrons. The van der Waals surface area contributed by atoms with Crippen molar-refractivity contribution >= 4 is 51.1 Å². The quantitative estimate of drug-likeness (QED) is 0.208. The van der Waals surface area contributed by atoms with Gasteiger partial charge in [0.05, 0.1) is 18.4 Å². The van der Waals surface area contributed by atoms with Crippen LogP contribution in [0.5, 0.6) is 0 Å². The molecule has 0 aliphatic heterocycles. The standard InChI is InChI=1S/C14H25N3O3S2.HI/c1-2-3-4-5-8-16-14(15)17-10-12(18)11-22(19,20)13-7-6-9-21-13;/h6-7,9,12,18H,2-5,8,10-11H2,1H3,(H3,15,16,17);1H. The number of hydrogen-bond acceptors (Lipinski definition) is 5. The topological polar surface area (TPSA) is 105 Å². The lowest BCUT2D eigenvalue weighted by atomic mass is 10.2. The van der Waals surface area contributed by atoms with Crippen LogP contribution in [0.25, 0.3) is 0 Å². The van der Waals surface area contributed by atoms with Crippen LogP contribution in [0.3, 0.4) is 0 Å². The van der Waals surface area contributed by atoms with Gasteiger partial charge in [-0.3, -0.25) is 4.99 Å². The maximum absolute atomic E-state index is 12.0. The molecule has 0 saturated heterocycles. The van der Waals surface area contributed by atoms with Crippen molar-refractivity contribution in [1.82, 2.24) is 5.32 Å². The Morgan fingerprint density at radius 3 is 2.78 bits per heavy atom. The Balaban J connectivity index is 0.00000484. The Morgan fingerprint density at radius 1 is 1.43 bits per heavy atom. The average molecular weight is 475 g/mol. The van der Waals surface area contributed by atoms with Gasteiger partial charge in [0.2, 0.25) is 0 Å². The van der Waals surface area contributed by atoms with Crippen molar-refractivity contribution in [1.29, 1.82) is 0 Å². The predicted octanol–water partition coefficient (Wildman–Crippen LogP) is 1.99. The Labute approximate surface area is 159 Å². The summed E-state index contributed by atoms with van der Waals surface area (Å²) in [6, 6.07) is 3.20. The first-order chi connectivity index (χ1) is 10.5. The van der Waals surface area contributed by atoms with Crippen molar-refractivity contribution in [3.05, 3.63) is 17.5 Å². The SMILES string of the molecule is CCCCCCNC(N)=NCC(O)CS(=O)(=O)c1cccs1.I. The van der Waals surface area contributed by atoms with Crippen LogP contribution in [0.2, 0.25) is 0 Å².